The third kappa shape index (κ3) is 39.1. The Labute approximate surface area is 337 Å². The molecular formula is C49H95NO4. The SMILES string of the molecule is CCCCCCCCC/C=C/C(O)C(CO)NC(=O)C(O)CCCCCCCCCCCCCCCCC/C=C\CCCCCCCCCCCCCC. The fourth-order valence-electron chi connectivity index (χ4n) is 7.47. The molecule has 0 aliphatic rings. The molecule has 0 fully saturated rings. The van der Waals surface area contributed by atoms with Gasteiger partial charge in [-0.2, -0.15) is 0 Å². The van der Waals surface area contributed by atoms with E-state index in [9.17, 15) is 20.1 Å². The van der Waals surface area contributed by atoms with Crippen LogP contribution in [-0.2, 0) is 4.79 Å². The number of amides is 1. The smallest absolute Gasteiger partial charge is 0.249 e. The number of carbonyl (C=O) groups excluding carboxylic acids is 1. The summed E-state index contributed by atoms with van der Waals surface area (Å²) in [6, 6.07) is -0.793. The molecule has 0 aliphatic heterocycles. The number of carbonyl (C=O) groups is 1. The van der Waals surface area contributed by atoms with Gasteiger partial charge in [-0.15, -0.1) is 0 Å². The standard InChI is InChI=1S/C49H95NO4/c1-3-5-7-9-11-13-14-15-16-17-18-19-20-21-22-23-24-25-26-27-28-29-30-31-32-33-34-36-38-40-42-44-48(53)49(54)50-46(45-51)47(52)43-41-39-37-35-12-10-8-6-4-2/h21-22,41,43,46-48,51-53H,3-20,23-40,42,44-45H2,1-2H3,(H,50,54)/b22-21-,43-41+. The van der Waals surface area contributed by atoms with E-state index >= 15 is 0 Å². The van der Waals surface area contributed by atoms with E-state index < -0.39 is 24.2 Å². The van der Waals surface area contributed by atoms with Crippen LogP contribution in [0.2, 0.25) is 0 Å². The molecule has 0 saturated heterocycles. The van der Waals surface area contributed by atoms with Crippen molar-refractivity contribution < 1.29 is 20.1 Å². The van der Waals surface area contributed by atoms with E-state index in [1.54, 1.807) is 6.08 Å². The molecule has 54 heavy (non-hydrogen) atoms. The summed E-state index contributed by atoms with van der Waals surface area (Å²) >= 11 is 0. The molecule has 0 heterocycles. The highest BCUT2D eigenvalue weighted by molar-refractivity contribution is 5.80. The van der Waals surface area contributed by atoms with E-state index in [0.29, 0.717) is 6.42 Å². The Balaban J connectivity index is 3.48. The lowest BCUT2D eigenvalue weighted by Gasteiger charge is -2.21. The molecule has 0 aromatic heterocycles. The maximum absolute atomic E-state index is 12.4. The first-order valence-electron chi connectivity index (χ1n) is 24.2. The Bertz CT molecular complexity index is 799. The molecule has 0 radical (unpaired) electrons. The molecule has 1 amide bonds. The summed E-state index contributed by atoms with van der Waals surface area (Å²) in [5.74, 6) is -0.503. The zero-order valence-electron chi connectivity index (χ0n) is 36.4. The van der Waals surface area contributed by atoms with Crippen molar-refractivity contribution in [1.29, 1.82) is 0 Å². The van der Waals surface area contributed by atoms with Crippen LogP contribution in [0.5, 0.6) is 0 Å². The van der Waals surface area contributed by atoms with E-state index in [2.05, 4.69) is 31.3 Å². The predicted molar refractivity (Wildman–Crippen MR) is 236 cm³/mol. The van der Waals surface area contributed by atoms with Crippen LogP contribution in [0.25, 0.3) is 0 Å². The van der Waals surface area contributed by atoms with Gasteiger partial charge >= 0.3 is 0 Å². The van der Waals surface area contributed by atoms with Crippen molar-refractivity contribution in [1.82, 2.24) is 5.32 Å². The summed E-state index contributed by atoms with van der Waals surface area (Å²) in [5, 5.41) is 33.0. The van der Waals surface area contributed by atoms with Gasteiger partial charge in [-0.3, -0.25) is 4.79 Å². The van der Waals surface area contributed by atoms with Crippen LogP contribution < -0.4 is 5.32 Å². The summed E-state index contributed by atoms with van der Waals surface area (Å²) in [4.78, 5) is 12.4. The molecule has 0 saturated carbocycles. The van der Waals surface area contributed by atoms with Crippen molar-refractivity contribution in [3.05, 3.63) is 24.3 Å². The topological polar surface area (TPSA) is 89.8 Å². The molecule has 0 aliphatic carbocycles. The first-order chi connectivity index (χ1) is 26.6. The number of unbranched alkanes of at least 4 members (excludes halogenated alkanes) is 34. The van der Waals surface area contributed by atoms with Crippen molar-refractivity contribution in [3.8, 4) is 0 Å². The average molecular weight is 762 g/mol. The summed E-state index contributed by atoms with van der Waals surface area (Å²) in [6.07, 6.45) is 55.4. The van der Waals surface area contributed by atoms with Crippen LogP contribution in [0.3, 0.4) is 0 Å². The molecule has 5 nitrogen and oxygen atoms in total. The highest BCUT2D eigenvalue weighted by atomic mass is 16.3. The highest BCUT2D eigenvalue weighted by Crippen LogP contribution is 2.16. The quantitative estimate of drug-likeness (QED) is 0.0368. The second-order valence-corrected chi connectivity index (χ2v) is 16.7. The first kappa shape index (κ1) is 52.8. The third-order valence-electron chi connectivity index (χ3n) is 11.3. The molecule has 0 rings (SSSR count). The van der Waals surface area contributed by atoms with Crippen molar-refractivity contribution >= 4 is 5.91 Å². The molecule has 3 atom stereocenters. The zero-order chi connectivity index (χ0) is 39.4. The average Bonchev–Trinajstić information content (AvgIpc) is 3.18. The summed E-state index contributed by atoms with van der Waals surface area (Å²) in [7, 11) is 0. The number of hydrogen-bond donors (Lipinski definition) is 4. The molecule has 0 spiro atoms. The molecule has 3 unspecified atom stereocenters. The minimum Gasteiger partial charge on any atom is -0.394 e. The molecular weight excluding hydrogens is 667 g/mol. The van der Waals surface area contributed by atoms with Crippen LogP contribution in [0.4, 0.5) is 0 Å². The van der Waals surface area contributed by atoms with Gasteiger partial charge in [0, 0.05) is 0 Å². The Kier molecular flexibility index (Phi) is 43.6. The van der Waals surface area contributed by atoms with Crippen LogP contribution in [0.1, 0.15) is 258 Å². The fraction of sp³-hybridized carbons (Fsp3) is 0.898. The number of aliphatic hydroxyl groups excluding tert-OH is 3. The number of rotatable bonds is 44. The lowest BCUT2D eigenvalue weighted by Crippen LogP contribution is -2.48. The van der Waals surface area contributed by atoms with Gasteiger partial charge in [0.2, 0.25) is 5.91 Å². The van der Waals surface area contributed by atoms with E-state index in [-0.39, 0.29) is 6.61 Å². The molecule has 5 heteroatoms. The van der Waals surface area contributed by atoms with Crippen LogP contribution in [0, 0.1) is 0 Å². The minimum absolute atomic E-state index is 0.362. The van der Waals surface area contributed by atoms with Gasteiger partial charge in [0.15, 0.2) is 0 Å². The lowest BCUT2D eigenvalue weighted by atomic mass is 10.0. The van der Waals surface area contributed by atoms with Gasteiger partial charge in [-0.1, -0.05) is 237 Å². The maximum atomic E-state index is 12.4. The van der Waals surface area contributed by atoms with Crippen molar-refractivity contribution in [2.75, 3.05) is 6.61 Å². The zero-order valence-corrected chi connectivity index (χ0v) is 36.4. The lowest BCUT2D eigenvalue weighted by molar-refractivity contribution is -0.131. The van der Waals surface area contributed by atoms with Gasteiger partial charge < -0.3 is 20.6 Å². The summed E-state index contributed by atoms with van der Waals surface area (Å²) in [6.45, 7) is 4.16. The number of nitrogens with one attached hydrogen (secondary N) is 1. The fourth-order valence-corrected chi connectivity index (χ4v) is 7.47. The van der Waals surface area contributed by atoms with Crippen LogP contribution >= 0.6 is 0 Å². The van der Waals surface area contributed by atoms with E-state index in [0.717, 1.165) is 32.1 Å². The second-order valence-electron chi connectivity index (χ2n) is 16.7. The largest absolute Gasteiger partial charge is 0.394 e. The minimum atomic E-state index is -1.09. The van der Waals surface area contributed by atoms with Gasteiger partial charge in [0.1, 0.15) is 6.10 Å². The van der Waals surface area contributed by atoms with E-state index in [1.165, 1.54) is 205 Å². The van der Waals surface area contributed by atoms with Crippen LogP contribution in [0.15, 0.2) is 24.3 Å². The Morgan fingerprint density at radius 1 is 0.444 bits per heavy atom. The second kappa shape index (κ2) is 44.5. The van der Waals surface area contributed by atoms with E-state index in [1.807, 2.05) is 6.08 Å². The Hall–Kier alpha value is -1.17. The molecule has 0 aromatic rings. The Morgan fingerprint density at radius 2 is 0.741 bits per heavy atom. The summed E-state index contributed by atoms with van der Waals surface area (Å²) in [5.41, 5.74) is 0. The predicted octanol–water partition coefficient (Wildman–Crippen LogP) is 14.2. The van der Waals surface area contributed by atoms with Crippen molar-refractivity contribution in [3.63, 3.8) is 0 Å². The molecule has 4 N–H and O–H groups in total. The first-order valence-corrected chi connectivity index (χ1v) is 24.2. The van der Waals surface area contributed by atoms with Gasteiger partial charge in [-0.25, -0.2) is 0 Å². The van der Waals surface area contributed by atoms with Gasteiger partial charge in [-0.05, 0) is 44.9 Å². The van der Waals surface area contributed by atoms with Crippen LogP contribution in [-0.4, -0.2) is 46.1 Å². The molecule has 0 aromatic carbocycles. The maximum Gasteiger partial charge on any atom is 0.249 e. The third-order valence-corrected chi connectivity index (χ3v) is 11.3. The van der Waals surface area contributed by atoms with Gasteiger partial charge in [0.25, 0.3) is 0 Å². The van der Waals surface area contributed by atoms with Crippen molar-refractivity contribution in [2.45, 2.75) is 276 Å². The summed E-state index contributed by atoms with van der Waals surface area (Å²) < 4.78 is 0. The molecule has 320 valence electrons. The van der Waals surface area contributed by atoms with E-state index in [4.69, 9.17) is 0 Å². The Morgan fingerprint density at radius 3 is 1.07 bits per heavy atom. The number of aliphatic hydroxyl groups is 3. The number of hydrogen-bond acceptors (Lipinski definition) is 4. The van der Waals surface area contributed by atoms with Crippen molar-refractivity contribution in [2.24, 2.45) is 0 Å². The monoisotopic (exact) mass is 762 g/mol. The molecule has 0 bridgehead atoms. The highest BCUT2D eigenvalue weighted by Gasteiger charge is 2.22. The van der Waals surface area contributed by atoms with Gasteiger partial charge in [0.05, 0.1) is 18.8 Å². The normalized spacial score (nSPS) is 13.6. The number of allylic oxidation sites excluding steroid dienone is 3.